The molecule has 0 saturated heterocycles. The van der Waals surface area contributed by atoms with Crippen molar-refractivity contribution < 1.29 is 0 Å². The lowest BCUT2D eigenvalue weighted by Crippen LogP contribution is -2.44. The van der Waals surface area contributed by atoms with Gasteiger partial charge in [0.1, 0.15) is 0 Å². The van der Waals surface area contributed by atoms with E-state index in [2.05, 4.69) is 98.9 Å². The third-order valence-corrected chi connectivity index (χ3v) is 7.26. The monoisotopic (exact) mass is 327 g/mol. The van der Waals surface area contributed by atoms with Crippen LogP contribution in [0.5, 0.6) is 0 Å². The molecule has 2 aromatic rings. The van der Waals surface area contributed by atoms with E-state index >= 15 is 0 Å². The maximum atomic E-state index is 3.86. The van der Waals surface area contributed by atoms with E-state index in [1.54, 1.807) is 0 Å². The molecule has 5 rings (SSSR count). The van der Waals surface area contributed by atoms with Crippen LogP contribution in [-0.2, 0) is 5.41 Å². The Labute approximate surface area is 150 Å². The first-order chi connectivity index (χ1) is 12.0. The molecule has 2 aromatic carbocycles. The van der Waals surface area contributed by atoms with Crippen molar-refractivity contribution in [3.8, 4) is 0 Å². The summed E-state index contributed by atoms with van der Waals surface area (Å²) >= 11 is 0. The SMILES string of the molecule is CC1(C)c2ccccc2C2Nc3ccccc3C2C2C=CC=CC21C. The highest BCUT2D eigenvalue weighted by Gasteiger charge is 2.55. The van der Waals surface area contributed by atoms with Gasteiger partial charge in [-0.3, -0.25) is 0 Å². The van der Waals surface area contributed by atoms with Gasteiger partial charge >= 0.3 is 0 Å². The normalized spacial score (nSPS) is 33.5. The van der Waals surface area contributed by atoms with Gasteiger partial charge in [0.05, 0.1) is 6.04 Å². The molecule has 4 atom stereocenters. The van der Waals surface area contributed by atoms with Gasteiger partial charge in [-0.2, -0.15) is 0 Å². The minimum absolute atomic E-state index is 0.0660. The fraction of sp³-hybridized carbons (Fsp3) is 0.333. The van der Waals surface area contributed by atoms with Crippen molar-refractivity contribution in [2.75, 3.05) is 5.32 Å². The summed E-state index contributed by atoms with van der Waals surface area (Å²) in [4.78, 5) is 0. The second-order valence-corrected chi connectivity index (χ2v) is 8.50. The molecule has 0 aromatic heterocycles. The first-order valence-corrected chi connectivity index (χ1v) is 9.35. The number of para-hydroxylation sites is 1. The zero-order valence-corrected chi connectivity index (χ0v) is 15.2. The second-order valence-electron chi connectivity index (χ2n) is 8.50. The summed E-state index contributed by atoms with van der Waals surface area (Å²) in [5, 5.41) is 3.86. The van der Waals surface area contributed by atoms with Gasteiger partial charge in [0, 0.05) is 17.0 Å². The Morgan fingerprint density at radius 3 is 2.40 bits per heavy atom. The van der Waals surface area contributed by atoms with Gasteiger partial charge in [0.2, 0.25) is 0 Å². The fourth-order valence-corrected chi connectivity index (χ4v) is 5.52. The van der Waals surface area contributed by atoms with Crippen LogP contribution in [0.1, 0.15) is 49.4 Å². The molecule has 1 aliphatic heterocycles. The summed E-state index contributed by atoms with van der Waals surface area (Å²) in [6.07, 6.45) is 9.40. The van der Waals surface area contributed by atoms with Crippen molar-refractivity contribution in [2.45, 2.75) is 38.1 Å². The molecule has 1 heterocycles. The van der Waals surface area contributed by atoms with Gasteiger partial charge in [-0.15, -0.1) is 0 Å². The first kappa shape index (κ1) is 15.0. The van der Waals surface area contributed by atoms with E-state index in [0.717, 1.165) is 0 Å². The predicted molar refractivity (Wildman–Crippen MR) is 105 cm³/mol. The standard InChI is InChI=1S/C24H25N/c1-23(2)18-12-6-4-10-16(18)22-21(17-11-5-7-14-20(17)25-22)19-13-8-9-15-24(19,23)3/h4-15,19,21-22,25H,1-3H3. The lowest BCUT2D eigenvalue weighted by atomic mass is 9.54. The lowest BCUT2D eigenvalue weighted by Gasteiger charge is -2.48. The molecule has 0 radical (unpaired) electrons. The minimum atomic E-state index is 0.0660. The number of anilines is 1. The zero-order chi connectivity index (χ0) is 17.2. The van der Waals surface area contributed by atoms with Gasteiger partial charge in [0.15, 0.2) is 0 Å². The van der Waals surface area contributed by atoms with E-state index in [1.807, 2.05) is 0 Å². The molecule has 2 aliphatic carbocycles. The summed E-state index contributed by atoms with van der Waals surface area (Å²) in [7, 11) is 0. The van der Waals surface area contributed by atoms with Crippen LogP contribution in [0.15, 0.2) is 72.8 Å². The van der Waals surface area contributed by atoms with Crippen LogP contribution < -0.4 is 5.32 Å². The number of allylic oxidation sites excluding steroid dienone is 4. The largest absolute Gasteiger partial charge is 0.377 e. The fourth-order valence-electron chi connectivity index (χ4n) is 5.52. The van der Waals surface area contributed by atoms with E-state index in [0.29, 0.717) is 17.9 Å². The van der Waals surface area contributed by atoms with Crippen LogP contribution in [0.4, 0.5) is 5.69 Å². The molecular formula is C24H25N. The summed E-state index contributed by atoms with van der Waals surface area (Å²) in [6, 6.07) is 18.3. The average Bonchev–Trinajstić information content (AvgIpc) is 2.98. The van der Waals surface area contributed by atoms with Crippen molar-refractivity contribution in [3.05, 3.63) is 89.5 Å². The smallest absolute Gasteiger partial charge is 0.0592 e. The van der Waals surface area contributed by atoms with Gasteiger partial charge in [-0.1, -0.05) is 87.5 Å². The van der Waals surface area contributed by atoms with E-state index in [-0.39, 0.29) is 10.8 Å². The Morgan fingerprint density at radius 2 is 1.56 bits per heavy atom. The van der Waals surface area contributed by atoms with Crippen LogP contribution in [0.3, 0.4) is 0 Å². The molecule has 0 fully saturated rings. The molecule has 126 valence electrons. The van der Waals surface area contributed by atoms with E-state index in [9.17, 15) is 0 Å². The van der Waals surface area contributed by atoms with Crippen LogP contribution in [-0.4, -0.2) is 0 Å². The number of benzene rings is 2. The Hall–Kier alpha value is -2.28. The molecule has 0 spiro atoms. The topological polar surface area (TPSA) is 12.0 Å². The molecule has 3 aliphatic rings. The highest BCUT2D eigenvalue weighted by atomic mass is 15.0. The average molecular weight is 327 g/mol. The third-order valence-electron chi connectivity index (χ3n) is 7.26. The first-order valence-electron chi connectivity index (χ1n) is 9.35. The maximum absolute atomic E-state index is 3.86. The molecule has 1 N–H and O–H groups in total. The van der Waals surface area contributed by atoms with Crippen molar-refractivity contribution in [1.82, 2.24) is 0 Å². The Bertz CT molecular complexity index is 904. The number of rotatable bonds is 0. The van der Waals surface area contributed by atoms with Gasteiger partial charge in [0.25, 0.3) is 0 Å². The lowest BCUT2D eigenvalue weighted by molar-refractivity contribution is 0.153. The Morgan fingerprint density at radius 1 is 0.840 bits per heavy atom. The van der Waals surface area contributed by atoms with E-state index in [1.165, 1.54) is 22.4 Å². The highest BCUT2D eigenvalue weighted by molar-refractivity contribution is 5.64. The van der Waals surface area contributed by atoms with Crippen molar-refractivity contribution in [1.29, 1.82) is 0 Å². The van der Waals surface area contributed by atoms with Crippen molar-refractivity contribution in [3.63, 3.8) is 0 Å². The van der Waals surface area contributed by atoms with E-state index < -0.39 is 0 Å². The van der Waals surface area contributed by atoms with Crippen LogP contribution in [0.25, 0.3) is 0 Å². The molecule has 4 unspecified atom stereocenters. The molecule has 0 saturated carbocycles. The van der Waals surface area contributed by atoms with Crippen LogP contribution in [0, 0.1) is 11.3 Å². The van der Waals surface area contributed by atoms with Crippen molar-refractivity contribution >= 4 is 5.69 Å². The number of nitrogens with one attached hydrogen (secondary N) is 1. The Kier molecular flexibility index (Phi) is 2.93. The van der Waals surface area contributed by atoms with Gasteiger partial charge in [-0.25, -0.2) is 0 Å². The molecular weight excluding hydrogens is 302 g/mol. The molecule has 0 bridgehead atoms. The van der Waals surface area contributed by atoms with Gasteiger partial charge in [-0.05, 0) is 34.1 Å². The summed E-state index contributed by atoms with van der Waals surface area (Å²) < 4.78 is 0. The third kappa shape index (κ3) is 1.79. The molecule has 0 amide bonds. The van der Waals surface area contributed by atoms with E-state index in [4.69, 9.17) is 0 Å². The highest BCUT2D eigenvalue weighted by Crippen LogP contribution is 2.63. The summed E-state index contributed by atoms with van der Waals surface area (Å²) in [5.74, 6) is 0.936. The second kappa shape index (κ2) is 4.88. The Balaban J connectivity index is 1.84. The quantitative estimate of drug-likeness (QED) is 0.628. The summed E-state index contributed by atoms with van der Waals surface area (Å²) in [5.41, 5.74) is 5.86. The zero-order valence-electron chi connectivity index (χ0n) is 15.2. The maximum Gasteiger partial charge on any atom is 0.0592 e. The summed E-state index contributed by atoms with van der Waals surface area (Å²) in [6.45, 7) is 7.31. The van der Waals surface area contributed by atoms with Crippen LogP contribution in [0.2, 0.25) is 0 Å². The van der Waals surface area contributed by atoms with Crippen LogP contribution >= 0.6 is 0 Å². The molecule has 1 heteroatoms. The van der Waals surface area contributed by atoms with Gasteiger partial charge < -0.3 is 5.32 Å². The predicted octanol–water partition coefficient (Wildman–Crippen LogP) is 5.98. The van der Waals surface area contributed by atoms with Crippen molar-refractivity contribution in [2.24, 2.45) is 11.3 Å². The number of hydrogen-bond donors (Lipinski definition) is 1. The molecule has 25 heavy (non-hydrogen) atoms. The molecule has 1 nitrogen and oxygen atoms in total. The number of fused-ring (bicyclic) bond motifs is 7. The minimum Gasteiger partial charge on any atom is -0.377 e. The number of hydrogen-bond acceptors (Lipinski definition) is 1.